The number of amides is 1. The van der Waals surface area contributed by atoms with E-state index < -0.39 is 11.7 Å². The standard InChI is InChI=1S/C15H17F2N3OS/c1-15(2,3)12-8-10(19-20-12)13(21)18-9-6-4-5-7-11(9)22-14(16)17/h4-8,14H,1-3H3,(H,18,21)(H,19,20). The number of halogens is 2. The van der Waals surface area contributed by atoms with E-state index in [9.17, 15) is 13.6 Å². The summed E-state index contributed by atoms with van der Waals surface area (Å²) < 4.78 is 25.1. The summed E-state index contributed by atoms with van der Waals surface area (Å²) in [5.74, 6) is -2.98. The molecule has 1 heterocycles. The molecule has 0 aliphatic rings. The molecule has 0 aliphatic carbocycles. The highest BCUT2D eigenvalue weighted by Crippen LogP contribution is 2.31. The van der Waals surface area contributed by atoms with Crippen LogP contribution in [0.5, 0.6) is 0 Å². The second-order valence-corrected chi connectivity index (χ2v) is 6.78. The minimum Gasteiger partial charge on any atom is -0.320 e. The summed E-state index contributed by atoms with van der Waals surface area (Å²) in [4.78, 5) is 12.5. The van der Waals surface area contributed by atoms with E-state index in [1.807, 2.05) is 20.8 Å². The van der Waals surface area contributed by atoms with Crippen LogP contribution < -0.4 is 5.32 Å². The average Bonchev–Trinajstić information content (AvgIpc) is 2.90. The lowest BCUT2D eigenvalue weighted by molar-refractivity contribution is 0.102. The summed E-state index contributed by atoms with van der Waals surface area (Å²) in [5, 5.41) is 9.42. The Morgan fingerprint density at radius 1 is 1.32 bits per heavy atom. The van der Waals surface area contributed by atoms with Crippen LogP contribution in [0.4, 0.5) is 14.5 Å². The lowest BCUT2D eigenvalue weighted by atomic mass is 9.92. The molecule has 0 spiro atoms. The molecule has 1 amide bonds. The molecular formula is C15H17F2N3OS. The number of hydrogen-bond acceptors (Lipinski definition) is 3. The number of para-hydroxylation sites is 1. The van der Waals surface area contributed by atoms with Gasteiger partial charge in [-0.25, -0.2) is 0 Å². The van der Waals surface area contributed by atoms with E-state index in [0.29, 0.717) is 22.3 Å². The van der Waals surface area contributed by atoms with Crippen LogP contribution in [0.3, 0.4) is 0 Å². The smallest absolute Gasteiger partial charge is 0.288 e. The molecule has 2 rings (SSSR count). The van der Waals surface area contributed by atoms with Gasteiger partial charge in [-0.2, -0.15) is 13.9 Å². The number of carbonyl (C=O) groups is 1. The van der Waals surface area contributed by atoms with Crippen molar-refractivity contribution in [1.82, 2.24) is 10.2 Å². The van der Waals surface area contributed by atoms with Crippen molar-refractivity contribution in [2.75, 3.05) is 5.32 Å². The normalized spacial score (nSPS) is 11.7. The Morgan fingerprint density at radius 3 is 2.59 bits per heavy atom. The third-order valence-electron chi connectivity index (χ3n) is 2.97. The van der Waals surface area contributed by atoms with Crippen LogP contribution in [0, 0.1) is 0 Å². The number of carbonyl (C=O) groups excluding carboxylic acids is 1. The molecule has 2 N–H and O–H groups in total. The van der Waals surface area contributed by atoms with Gasteiger partial charge in [0.05, 0.1) is 5.69 Å². The Bertz CT molecular complexity index is 665. The van der Waals surface area contributed by atoms with Gasteiger partial charge in [0, 0.05) is 16.0 Å². The lowest BCUT2D eigenvalue weighted by Crippen LogP contribution is -2.13. The van der Waals surface area contributed by atoms with E-state index >= 15 is 0 Å². The second kappa shape index (κ2) is 6.48. The molecule has 7 heteroatoms. The van der Waals surface area contributed by atoms with Crippen molar-refractivity contribution in [3.8, 4) is 0 Å². The molecule has 0 saturated heterocycles. The zero-order chi connectivity index (χ0) is 16.3. The molecule has 0 atom stereocenters. The van der Waals surface area contributed by atoms with E-state index in [-0.39, 0.29) is 11.1 Å². The van der Waals surface area contributed by atoms with Crippen LogP contribution in [0.25, 0.3) is 0 Å². The zero-order valence-electron chi connectivity index (χ0n) is 12.5. The molecule has 4 nitrogen and oxygen atoms in total. The quantitative estimate of drug-likeness (QED) is 0.825. The SMILES string of the molecule is CC(C)(C)c1cc(C(=O)Nc2ccccc2SC(F)F)n[nH]1. The number of thioether (sulfide) groups is 1. The monoisotopic (exact) mass is 325 g/mol. The highest BCUT2D eigenvalue weighted by atomic mass is 32.2. The van der Waals surface area contributed by atoms with Crippen LogP contribution in [0.15, 0.2) is 35.2 Å². The van der Waals surface area contributed by atoms with Crippen LogP contribution in [0.2, 0.25) is 0 Å². The Labute approximate surface area is 131 Å². The van der Waals surface area contributed by atoms with E-state index in [1.165, 1.54) is 6.07 Å². The van der Waals surface area contributed by atoms with Crippen molar-refractivity contribution in [2.45, 2.75) is 36.8 Å². The first-order valence-electron chi connectivity index (χ1n) is 6.68. The third kappa shape index (κ3) is 4.07. The summed E-state index contributed by atoms with van der Waals surface area (Å²) in [6.45, 7) is 5.99. The Balaban J connectivity index is 2.17. The maximum absolute atomic E-state index is 12.5. The van der Waals surface area contributed by atoms with E-state index in [4.69, 9.17) is 0 Å². The predicted molar refractivity (Wildman–Crippen MR) is 83.5 cm³/mol. The second-order valence-electron chi connectivity index (χ2n) is 5.75. The number of hydrogen-bond donors (Lipinski definition) is 2. The summed E-state index contributed by atoms with van der Waals surface area (Å²) in [6.07, 6.45) is 0. The Morgan fingerprint density at radius 2 is 2.00 bits per heavy atom. The fourth-order valence-electron chi connectivity index (χ4n) is 1.78. The first-order valence-corrected chi connectivity index (χ1v) is 7.56. The molecule has 0 fully saturated rings. The van der Waals surface area contributed by atoms with Gasteiger partial charge in [0.1, 0.15) is 0 Å². The average molecular weight is 325 g/mol. The largest absolute Gasteiger partial charge is 0.320 e. The van der Waals surface area contributed by atoms with Crippen LogP contribution in [0.1, 0.15) is 37.0 Å². The fourth-order valence-corrected chi connectivity index (χ4v) is 2.37. The van der Waals surface area contributed by atoms with Crippen molar-refractivity contribution >= 4 is 23.4 Å². The van der Waals surface area contributed by atoms with E-state index in [0.717, 1.165) is 5.69 Å². The number of aromatic amines is 1. The molecule has 1 aromatic heterocycles. The summed E-state index contributed by atoms with van der Waals surface area (Å²) in [6, 6.07) is 8.11. The molecule has 2 aromatic rings. The Kier molecular flexibility index (Phi) is 4.85. The fraction of sp³-hybridized carbons (Fsp3) is 0.333. The lowest BCUT2D eigenvalue weighted by Gasteiger charge is -2.14. The van der Waals surface area contributed by atoms with Gasteiger partial charge in [-0.15, -0.1) is 0 Å². The van der Waals surface area contributed by atoms with Crippen molar-refractivity contribution in [3.63, 3.8) is 0 Å². The van der Waals surface area contributed by atoms with Gasteiger partial charge in [0.15, 0.2) is 5.69 Å². The first kappa shape index (κ1) is 16.5. The highest BCUT2D eigenvalue weighted by molar-refractivity contribution is 7.99. The molecular weight excluding hydrogens is 308 g/mol. The van der Waals surface area contributed by atoms with Crippen molar-refractivity contribution in [1.29, 1.82) is 0 Å². The number of anilines is 1. The van der Waals surface area contributed by atoms with Gasteiger partial charge in [-0.05, 0) is 18.2 Å². The minimum atomic E-state index is -2.55. The van der Waals surface area contributed by atoms with Gasteiger partial charge in [-0.3, -0.25) is 9.89 Å². The maximum Gasteiger partial charge on any atom is 0.288 e. The number of benzene rings is 1. The number of rotatable bonds is 4. The molecule has 1 aromatic carbocycles. The molecule has 0 unspecified atom stereocenters. The topological polar surface area (TPSA) is 57.8 Å². The highest BCUT2D eigenvalue weighted by Gasteiger charge is 2.20. The molecule has 118 valence electrons. The van der Waals surface area contributed by atoms with Gasteiger partial charge in [0.25, 0.3) is 11.7 Å². The van der Waals surface area contributed by atoms with Crippen LogP contribution in [-0.2, 0) is 5.41 Å². The van der Waals surface area contributed by atoms with Gasteiger partial charge < -0.3 is 5.32 Å². The zero-order valence-corrected chi connectivity index (χ0v) is 13.3. The van der Waals surface area contributed by atoms with Gasteiger partial charge >= 0.3 is 0 Å². The number of H-pyrrole nitrogens is 1. The van der Waals surface area contributed by atoms with Gasteiger partial charge in [-0.1, -0.05) is 44.7 Å². The maximum atomic E-state index is 12.5. The van der Waals surface area contributed by atoms with E-state index in [2.05, 4.69) is 15.5 Å². The van der Waals surface area contributed by atoms with Crippen molar-refractivity contribution in [3.05, 3.63) is 41.7 Å². The number of nitrogens with one attached hydrogen (secondary N) is 2. The molecule has 22 heavy (non-hydrogen) atoms. The summed E-state index contributed by atoms with van der Waals surface area (Å²) in [5.41, 5.74) is 1.24. The van der Waals surface area contributed by atoms with Crippen molar-refractivity contribution < 1.29 is 13.6 Å². The minimum absolute atomic E-state index is 0.158. The van der Waals surface area contributed by atoms with Gasteiger partial charge in [0.2, 0.25) is 0 Å². The van der Waals surface area contributed by atoms with E-state index in [1.54, 1.807) is 24.3 Å². The molecule has 0 saturated carbocycles. The molecule has 0 radical (unpaired) electrons. The molecule has 0 bridgehead atoms. The summed E-state index contributed by atoms with van der Waals surface area (Å²) >= 11 is 0.395. The Hall–Kier alpha value is -1.89. The molecule has 0 aliphatic heterocycles. The number of alkyl halides is 2. The first-order chi connectivity index (χ1) is 10.3. The van der Waals surface area contributed by atoms with Crippen LogP contribution >= 0.6 is 11.8 Å². The number of nitrogens with zero attached hydrogens (tertiary/aromatic N) is 1. The number of aromatic nitrogens is 2. The van der Waals surface area contributed by atoms with Crippen molar-refractivity contribution in [2.24, 2.45) is 0 Å². The summed E-state index contributed by atoms with van der Waals surface area (Å²) in [7, 11) is 0. The van der Waals surface area contributed by atoms with Crippen LogP contribution in [-0.4, -0.2) is 21.9 Å². The third-order valence-corrected chi connectivity index (χ3v) is 3.76. The predicted octanol–water partition coefficient (Wildman–Crippen LogP) is 4.27.